The van der Waals surface area contributed by atoms with E-state index in [1.807, 2.05) is 0 Å². The highest BCUT2D eigenvalue weighted by molar-refractivity contribution is 7.00. The molecular formula is C9H8Cl3N3O4. The molecule has 0 heterocycles. The molecule has 4 N–H and O–H groups in total. The van der Waals surface area contributed by atoms with E-state index in [4.69, 9.17) is 50.3 Å². The van der Waals surface area contributed by atoms with Crippen LogP contribution < -0.4 is 5.32 Å². The molecule has 0 bridgehead atoms. The van der Waals surface area contributed by atoms with Crippen molar-refractivity contribution in [1.29, 1.82) is 0 Å². The summed E-state index contributed by atoms with van der Waals surface area (Å²) in [6.45, 7) is 0. The van der Waals surface area contributed by atoms with Crippen molar-refractivity contribution in [2.24, 2.45) is 10.3 Å². The number of oxime groups is 2. The Morgan fingerprint density at radius 3 is 1.79 bits per heavy atom. The average Bonchev–Trinajstić information content (AvgIpc) is 2.39. The molecule has 104 valence electrons. The number of anilines is 1. The van der Waals surface area contributed by atoms with Gasteiger partial charge in [-0.1, -0.05) is 45.1 Å². The second-order valence-corrected chi connectivity index (χ2v) is 3.87. The molecule has 0 aliphatic rings. The lowest BCUT2D eigenvalue weighted by Crippen LogP contribution is -2.06. The molecule has 7 nitrogen and oxygen atoms in total. The van der Waals surface area contributed by atoms with Crippen molar-refractivity contribution in [3.05, 3.63) is 29.3 Å². The van der Waals surface area contributed by atoms with Crippen molar-refractivity contribution in [2.45, 2.75) is 0 Å². The van der Waals surface area contributed by atoms with E-state index in [-0.39, 0.29) is 0 Å². The monoisotopic (exact) mass is 327 g/mol. The first kappa shape index (κ1) is 17.3. The van der Waals surface area contributed by atoms with Gasteiger partial charge in [-0.2, -0.15) is 0 Å². The molecule has 0 unspecified atom stereocenters. The summed E-state index contributed by atoms with van der Waals surface area (Å²) in [5, 5.41) is 30.6. The topological polar surface area (TPSA) is 115 Å². The van der Waals surface area contributed by atoms with Crippen LogP contribution in [0.3, 0.4) is 0 Å². The molecular weight excluding hydrogens is 320 g/mol. The fraction of sp³-hybridized carbons (Fsp3) is 0. The van der Waals surface area contributed by atoms with E-state index in [1.54, 1.807) is 24.3 Å². The Morgan fingerprint density at radius 2 is 1.47 bits per heavy atom. The van der Waals surface area contributed by atoms with Crippen LogP contribution in [0.1, 0.15) is 0 Å². The Morgan fingerprint density at radius 1 is 1.05 bits per heavy atom. The third-order valence-electron chi connectivity index (χ3n) is 1.44. The smallest absolute Gasteiger partial charge is 0.409 e. The summed E-state index contributed by atoms with van der Waals surface area (Å²) in [7, 11) is 0. The summed E-state index contributed by atoms with van der Waals surface area (Å²) < 4.78 is 0. The zero-order valence-corrected chi connectivity index (χ0v) is 11.4. The standard InChI is InChI=1S/C7H6ClNO2.C2H2Cl2N2O2/c8-5-1-3-6(4-2-5)9-7(10)11;3-1(5-7)2(4)6-8/h1-4,9H,(H,10,11);7-8H. The molecule has 0 fully saturated rings. The summed E-state index contributed by atoms with van der Waals surface area (Å²) in [5.74, 6) is 0. The van der Waals surface area contributed by atoms with Crippen LogP contribution >= 0.6 is 34.8 Å². The summed E-state index contributed by atoms with van der Waals surface area (Å²) in [5.41, 5.74) is 0.516. The molecule has 0 saturated heterocycles. The quantitative estimate of drug-likeness (QED) is 0.378. The van der Waals surface area contributed by atoms with Gasteiger partial charge in [0, 0.05) is 10.7 Å². The Balaban J connectivity index is 0.000000362. The van der Waals surface area contributed by atoms with Crippen LogP contribution in [0.4, 0.5) is 10.5 Å². The van der Waals surface area contributed by atoms with Gasteiger partial charge in [-0.25, -0.2) is 4.79 Å². The molecule has 19 heavy (non-hydrogen) atoms. The van der Waals surface area contributed by atoms with Crippen LogP contribution in [0.15, 0.2) is 34.6 Å². The lowest BCUT2D eigenvalue weighted by atomic mass is 10.3. The summed E-state index contributed by atoms with van der Waals surface area (Å²) in [6, 6.07) is 6.42. The van der Waals surface area contributed by atoms with Gasteiger partial charge in [-0.15, -0.1) is 0 Å². The van der Waals surface area contributed by atoms with Gasteiger partial charge in [0.05, 0.1) is 0 Å². The Bertz CT molecular complexity index is 460. The average molecular weight is 329 g/mol. The molecule has 0 aliphatic heterocycles. The van der Waals surface area contributed by atoms with Gasteiger partial charge >= 0.3 is 6.09 Å². The molecule has 0 aliphatic carbocycles. The van der Waals surface area contributed by atoms with E-state index in [2.05, 4.69) is 15.6 Å². The van der Waals surface area contributed by atoms with E-state index in [0.717, 1.165) is 0 Å². The van der Waals surface area contributed by atoms with Crippen LogP contribution in [0.2, 0.25) is 5.02 Å². The number of nitrogens with one attached hydrogen (secondary N) is 1. The van der Waals surface area contributed by atoms with E-state index < -0.39 is 16.4 Å². The summed E-state index contributed by atoms with van der Waals surface area (Å²) in [4.78, 5) is 10.1. The maximum atomic E-state index is 10.1. The molecule has 0 saturated carbocycles. The van der Waals surface area contributed by atoms with Gasteiger partial charge < -0.3 is 15.5 Å². The molecule has 1 rings (SSSR count). The molecule has 1 aromatic carbocycles. The number of rotatable bonds is 2. The fourth-order valence-electron chi connectivity index (χ4n) is 0.739. The van der Waals surface area contributed by atoms with Crippen molar-refractivity contribution < 1.29 is 20.3 Å². The van der Waals surface area contributed by atoms with E-state index >= 15 is 0 Å². The molecule has 0 aromatic heterocycles. The number of amides is 1. The fourth-order valence-corrected chi connectivity index (χ4v) is 0.941. The van der Waals surface area contributed by atoms with Crippen molar-refractivity contribution >= 4 is 56.9 Å². The lowest BCUT2D eigenvalue weighted by molar-refractivity contribution is 0.209. The highest BCUT2D eigenvalue weighted by atomic mass is 35.5. The predicted molar refractivity (Wildman–Crippen MR) is 73.2 cm³/mol. The van der Waals surface area contributed by atoms with E-state index in [0.29, 0.717) is 10.7 Å². The Kier molecular flexibility index (Phi) is 8.43. The van der Waals surface area contributed by atoms with Gasteiger partial charge in [-0.05, 0) is 24.3 Å². The normalized spacial score (nSPS) is 11.3. The minimum atomic E-state index is -1.08. The van der Waals surface area contributed by atoms with Gasteiger partial charge in [0.25, 0.3) is 0 Å². The third-order valence-corrected chi connectivity index (χ3v) is 2.30. The first-order valence-corrected chi connectivity index (χ1v) is 5.55. The number of carboxylic acid groups (broad SMARTS) is 1. The lowest BCUT2D eigenvalue weighted by Gasteiger charge is -1.98. The zero-order valence-electron chi connectivity index (χ0n) is 9.09. The van der Waals surface area contributed by atoms with Crippen molar-refractivity contribution in [3.63, 3.8) is 0 Å². The maximum absolute atomic E-state index is 10.1. The van der Waals surface area contributed by atoms with Crippen LogP contribution in [0.5, 0.6) is 0 Å². The zero-order chi connectivity index (χ0) is 14.8. The van der Waals surface area contributed by atoms with Gasteiger partial charge in [0.15, 0.2) is 0 Å². The Labute approximate surface area is 122 Å². The minimum absolute atomic E-state index is 0.450. The number of hydrogen-bond acceptors (Lipinski definition) is 5. The molecule has 10 heteroatoms. The van der Waals surface area contributed by atoms with Crippen molar-refractivity contribution in [2.75, 3.05) is 5.32 Å². The number of hydrogen-bond donors (Lipinski definition) is 4. The first-order chi connectivity index (χ1) is 8.90. The minimum Gasteiger partial charge on any atom is -0.465 e. The number of benzene rings is 1. The Hall–Kier alpha value is -1.70. The van der Waals surface area contributed by atoms with Crippen molar-refractivity contribution in [1.82, 2.24) is 0 Å². The molecule has 1 amide bonds. The van der Waals surface area contributed by atoms with Crippen LogP contribution in [0.25, 0.3) is 0 Å². The number of halogens is 3. The van der Waals surface area contributed by atoms with E-state index in [9.17, 15) is 4.79 Å². The maximum Gasteiger partial charge on any atom is 0.409 e. The molecule has 0 spiro atoms. The molecule has 1 aromatic rings. The van der Waals surface area contributed by atoms with Crippen LogP contribution in [-0.2, 0) is 0 Å². The first-order valence-electron chi connectivity index (χ1n) is 4.41. The highest BCUT2D eigenvalue weighted by Crippen LogP contribution is 2.12. The summed E-state index contributed by atoms with van der Waals surface area (Å²) >= 11 is 15.6. The van der Waals surface area contributed by atoms with Crippen LogP contribution in [-0.4, -0.2) is 32.0 Å². The number of carbonyl (C=O) groups is 1. The van der Waals surface area contributed by atoms with Gasteiger partial charge in [-0.3, -0.25) is 5.32 Å². The summed E-state index contributed by atoms with van der Waals surface area (Å²) in [6.07, 6.45) is -1.08. The van der Waals surface area contributed by atoms with Gasteiger partial charge in [0.2, 0.25) is 10.3 Å². The second kappa shape index (κ2) is 9.26. The predicted octanol–water partition coefficient (Wildman–Crippen LogP) is 3.47. The highest BCUT2D eigenvalue weighted by Gasteiger charge is 2.00. The van der Waals surface area contributed by atoms with Crippen molar-refractivity contribution in [3.8, 4) is 0 Å². The number of nitrogens with zero attached hydrogens (tertiary/aromatic N) is 2. The largest absolute Gasteiger partial charge is 0.465 e. The molecule has 0 radical (unpaired) electrons. The van der Waals surface area contributed by atoms with Gasteiger partial charge in [0.1, 0.15) is 0 Å². The van der Waals surface area contributed by atoms with Crippen LogP contribution in [0, 0.1) is 0 Å². The van der Waals surface area contributed by atoms with E-state index in [1.165, 1.54) is 0 Å². The third kappa shape index (κ3) is 8.09. The SMILES string of the molecule is O=C(O)Nc1ccc(Cl)cc1.ON=C(Cl)C(Cl)=NO. The molecule has 0 atom stereocenters. The second-order valence-electron chi connectivity index (χ2n) is 2.72.